The summed E-state index contributed by atoms with van der Waals surface area (Å²) in [5.41, 5.74) is 1.09. The lowest BCUT2D eigenvalue weighted by atomic mass is 10.1. The summed E-state index contributed by atoms with van der Waals surface area (Å²) in [5.74, 6) is -0.0922. The van der Waals surface area contributed by atoms with Crippen LogP contribution in [-0.2, 0) is 30.3 Å². The van der Waals surface area contributed by atoms with Crippen LogP contribution in [-0.4, -0.2) is 89.6 Å². The van der Waals surface area contributed by atoms with E-state index in [1.54, 1.807) is 14.2 Å². The number of nitrogens with one attached hydrogen (secondary N) is 3. The lowest BCUT2D eigenvalue weighted by molar-refractivity contribution is -0.124. The predicted octanol–water partition coefficient (Wildman–Crippen LogP) is 3.73. The van der Waals surface area contributed by atoms with E-state index in [-0.39, 0.29) is 12.0 Å². The largest absolute Gasteiger partial charge is 0.465 e. The van der Waals surface area contributed by atoms with Crippen LogP contribution in [0.5, 0.6) is 0 Å². The molecule has 0 aliphatic heterocycles. The van der Waals surface area contributed by atoms with Gasteiger partial charge in [0.25, 0.3) is 0 Å². The van der Waals surface area contributed by atoms with Crippen LogP contribution >= 0.6 is 0 Å². The van der Waals surface area contributed by atoms with Crippen LogP contribution in [0, 0.1) is 0 Å². The van der Waals surface area contributed by atoms with Gasteiger partial charge in [-0.1, -0.05) is 30.3 Å². The third-order valence-electron chi connectivity index (χ3n) is 6.20. The molecule has 0 aliphatic rings. The Morgan fingerprint density at radius 3 is 2.15 bits per heavy atom. The molecule has 0 heterocycles. The van der Waals surface area contributed by atoms with Crippen LogP contribution in [0.4, 0.5) is 4.79 Å². The normalized spacial score (nSPS) is 12.7. The van der Waals surface area contributed by atoms with E-state index in [0.717, 1.165) is 57.3 Å². The third-order valence-corrected chi connectivity index (χ3v) is 6.20. The van der Waals surface area contributed by atoms with Crippen molar-refractivity contribution in [3.8, 4) is 0 Å². The van der Waals surface area contributed by atoms with Crippen molar-refractivity contribution in [1.82, 2.24) is 16.0 Å². The molecule has 0 aromatic heterocycles. The number of hydrogen-bond donors (Lipinski definition) is 4. The summed E-state index contributed by atoms with van der Waals surface area (Å²) < 4.78 is 22.1. The van der Waals surface area contributed by atoms with Crippen LogP contribution in [0.1, 0.15) is 63.4 Å². The fourth-order valence-electron chi connectivity index (χ4n) is 3.95. The van der Waals surface area contributed by atoms with Gasteiger partial charge in [-0.25, -0.2) is 4.79 Å². The first-order chi connectivity index (χ1) is 19.1. The predicted molar refractivity (Wildman–Crippen MR) is 152 cm³/mol. The van der Waals surface area contributed by atoms with Gasteiger partial charge in [0.2, 0.25) is 5.91 Å². The summed E-state index contributed by atoms with van der Waals surface area (Å²) in [5, 5.41) is 17.6. The first-order valence-electron chi connectivity index (χ1n) is 14.3. The molecule has 0 aliphatic carbocycles. The summed E-state index contributed by atoms with van der Waals surface area (Å²) in [6, 6.07) is 9.54. The molecule has 2 amide bonds. The van der Waals surface area contributed by atoms with E-state index in [2.05, 4.69) is 16.0 Å². The number of carbonyl (C=O) groups is 2. The molecule has 4 N–H and O–H groups in total. The number of unbranched alkanes of at least 4 members (excludes halogenated alkanes) is 5. The van der Waals surface area contributed by atoms with E-state index in [4.69, 9.17) is 24.1 Å². The minimum absolute atomic E-state index is 0.0922. The van der Waals surface area contributed by atoms with Crippen LogP contribution in [0.3, 0.4) is 0 Å². The number of rotatable bonds is 26. The Hall–Kier alpha value is -2.24. The molecule has 10 heteroatoms. The first-order valence-corrected chi connectivity index (χ1v) is 14.3. The lowest BCUT2D eigenvalue weighted by Crippen LogP contribution is -2.47. The SMILES string of the molecule is COCCCCCOCC(CNC(=O)[C@H](CCCCNC(=O)O)NCc1ccccc1)OCCCCCOC. The Balaban J connectivity index is 2.57. The standard InChI is InChI=1S/C29H51N3O7/c1-36-18-10-4-12-20-38-24-26(39-21-13-5-11-19-37-2)23-32-28(33)27(16-8-9-17-30-29(34)35)31-22-25-14-6-3-7-15-25/h3,6-7,14-15,26-27,30-31H,4-5,8-13,16-24H2,1-2H3,(H,32,33)(H,34,35)/t26?,27-/m0/s1. The zero-order valence-corrected chi connectivity index (χ0v) is 24.0. The van der Waals surface area contributed by atoms with E-state index < -0.39 is 12.1 Å². The zero-order chi connectivity index (χ0) is 28.4. The molecule has 0 fully saturated rings. The van der Waals surface area contributed by atoms with Crippen LogP contribution in [0.2, 0.25) is 0 Å². The quantitative estimate of drug-likeness (QED) is 0.128. The first kappa shape index (κ1) is 34.8. The van der Waals surface area contributed by atoms with Crippen molar-refractivity contribution in [3.05, 3.63) is 35.9 Å². The smallest absolute Gasteiger partial charge is 0.404 e. The van der Waals surface area contributed by atoms with Gasteiger partial charge in [0, 0.05) is 60.3 Å². The maximum atomic E-state index is 13.2. The maximum Gasteiger partial charge on any atom is 0.404 e. The van der Waals surface area contributed by atoms with Gasteiger partial charge < -0.3 is 40.0 Å². The van der Waals surface area contributed by atoms with Gasteiger partial charge in [0.05, 0.1) is 18.8 Å². The average molecular weight is 554 g/mol. The van der Waals surface area contributed by atoms with Gasteiger partial charge in [0.15, 0.2) is 0 Å². The van der Waals surface area contributed by atoms with Crippen molar-refractivity contribution in [2.45, 2.75) is 76.5 Å². The Bertz CT molecular complexity index is 724. The molecular weight excluding hydrogens is 502 g/mol. The van der Waals surface area contributed by atoms with Crippen molar-refractivity contribution in [2.75, 3.05) is 60.3 Å². The molecule has 1 aromatic rings. The number of methoxy groups -OCH3 is 2. The van der Waals surface area contributed by atoms with E-state index in [1.165, 1.54) is 0 Å². The minimum atomic E-state index is -1.03. The Labute approximate surface area is 234 Å². The summed E-state index contributed by atoms with van der Waals surface area (Å²) in [6.45, 7) is 4.48. The van der Waals surface area contributed by atoms with Crippen LogP contribution in [0.25, 0.3) is 0 Å². The number of benzene rings is 1. The minimum Gasteiger partial charge on any atom is -0.465 e. The number of carboxylic acid groups (broad SMARTS) is 1. The molecule has 1 unspecified atom stereocenters. The van der Waals surface area contributed by atoms with Gasteiger partial charge in [-0.3, -0.25) is 4.79 Å². The van der Waals surface area contributed by atoms with E-state index in [9.17, 15) is 9.59 Å². The number of amides is 2. The highest BCUT2D eigenvalue weighted by Crippen LogP contribution is 2.06. The highest BCUT2D eigenvalue weighted by atomic mass is 16.5. The summed E-state index contributed by atoms with van der Waals surface area (Å²) in [6.07, 6.45) is 6.68. The lowest BCUT2D eigenvalue weighted by Gasteiger charge is -2.22. The molecule has 2 atom stereocenters. The Morgan fingerprint density at radius 2 is 1.49 bits per heavy atom. The van der Waals surface area contributed by atoms with Gasteiger partial charge in [-0.05, 0) is 63.4 Å². The molecule has 1 rings (SSSR count). The Morgan fingerprint density at radius 1 is 0.821 bits per heavy atom. The second kappa shape index (κ2) is 24.8. The number of hydrogen-bond acceptors (Lipinski definition) is 7. The van der Waals surface area contributed by atoms with Gasteiger partial charge in [-0.2, -0.15) is 0 Å². The highest BCUT2D eigenvalue weighted by molar-refractivity contribution is 5.81. The molecule has 10 nitrogen and oxygen atoms in total. The molecular formula is C29H51N3O7. The zero-order valence-electron chi connectivity index (χ0n) is 24.0. The van der Waals surface area contributed by atoms with E-state index in [0.29, 0.717) is 58.7 Å². The monoisotopic (exact) mass is 553 g/mol. The number of ether oxygens (including phenoxy) is 4. The van der Waals surface area contributed by atoms with Crippen molar-refractivity contribution in [2.24, 2.45) is 0 Å². The van der Waals surface area contributed by atoms with E-state index >= 15 is 0 Å². The van der Waals surface area contributed by atoms with Gasteiger partial charge >= 0.3 is 6.09 Å². The molecule has 0 saturated carbocycles. The summed E-state index contributed by atoms with van der Waals surface area (Å²) in [7, 11) is 3.41. The molecule has 0 spiro atoms. The maximum absolute atomic E-state index is 13.2. The average Bonchev–Trinajstić information content (AvgIpc) is 2.94. The van der Waals surface area contributed by atoms with Crippen molar-refractivity contribution >= 4 is 12.0 Å². The fraction of sp³-hybridized carbons (Fsp3) is 0.724. The molecule has 0 saturated heterocycles. The summed E-state index contributed by atoms with van der Waals surface area (Å²) in [4.78, 5) is 23.8. The molecule has 0 radical (unpaired) electrons. The van der Waals surface area contributed by atoms with Crippen LogP contribution in [0.15, 0.2) is 30.3 Å². The topological polar surface area (TPSA) is 127 Å². The van der Waals surface area contributed by atoms with E-state index in [1.807, 2.05) is 30.3 Å². The number of carbonyl (C=O) groups excluding carboxylic acids is 1. The van der Waals surface area contributed by atoms with Crippen LogP contribution < -0.4 is 16.0 Å². The van der Waals surface area contributed by atoms with Gasteiger partial charge in [0.1, 0.15) is 0 Å². The molecule has 0 bridgehead atoms. The molecule has 1 aromatic carbocycles. The fourth-order valence-corrected chi connectivity index (χ4v) is 3.95. The summed E-state index contributed by atoms with van der Waals surface area (Å²) >= 11 is 0. The highest BCUT2D eigenvalue weighted by Gasteiger charge is 2.19. The molecule has 39 heavy (non-hydrogen) atoms. The molecule has 224 valence electrons. The van der Waals surface area contributed by atoms with Gasteiger partial charge in [-0.15, -0.1) is 0 Å². The second-order valence-electron chi connectivity index (χ2n) is 9.57. The van der Waals surface area contributed by atoms with Crippen molar-refractivity contribution < 1.29 is 33.6 Å². The third kappa shape index (κ3) is 20.3. The van der Waals surface area contributed by atoms with Crippen molar-refractivity contribution in [3.63, 3.8) is 0 Å². The van der Waals surface area contributed by atoms with Crippen molar-refractivity contribution in [1.29, 1.82) is 0 Å². The Kier molecular flexibility index (Phi) is 22.1. The second-order valence-corrected chi connectivity index (χ2v) is 9.57.